The van der Waals surface area contributed by atoms with E-state index in [1.807, 2.05) is 0 Å². The van der Waals surface area contributed by atoms with Gasteiger partial charge in [0.2, 0.25) is 5.91 Å². The highest BCUT2D eigenvalue weighted by atomic mass is 31.2. The van der Waals surface area contributed by atoms with E-state index >= 15 is 0 Å². The molecule has 0 saturated carbocycles. The maximum Gasteiger partial charge on any atom is 0.472 e. The zero-order valence-electron chi connectivity index (χ0n) is 39.4. The fourth-order valence-electron chi connectivity index (χ4n) is 7.55. The van der Waals surface area contributed by atoms with E-state index < -0.39 is 26.5 Å². The molecule has 2 unspecified atom stereocenters. The van der Waals surface area contributed by atoms with Gasteiger partial charge in [0, 0.05) is 19.4 Å². The van der Waals surface area contributed by atoms with E-state index in [2.05, 4.69) is 31.3 Å². The van der Waals surface area contributed by atoms with Crippen molar-refractivity contribution >= 4 is 19.7 Å². The van der Waals surface area contributed by atoms with Gasteiger partial charge in [-0.25, -0.2) is 4.57 Å². The Morgan fingerprint density at radius 2 is 0.850 bits per heavy atom. The molecule has 0 heterocycles. The number of hydrogen-bond donors (Lipinski definition) is 3. The molecule has 0 saturated heterocycles. The Hall–Kier alpha value is -1.25. The molecule has 0 aromatic heterocycles. The fourth-order valence-corrected chi connectivity index (χ4v) is 8.31. The van der Waals surface area contributed by atoms with Gasteiger partial charge in [-0.2, -0.15) is 0 Å². The quantitative estimate of drug-likeness (QED) is 0.0238. The van der Waals surface area contributed by atoms with Crippen LogP contribution < -0.4 is 5.32 Å². The number of esters is 1. The molecule has 0 aromatic rings. The first-order chi connectivity index (χ1) is 29.3. The molecule has 1 amide bonds. The summed E-state index contributed by atoms with van der Waals surface area (Å²) < 4.78 is 27.0. The van der Waals surface area contributed by atoms with Crippen LogP contribution >= 0.6 is 7.82 Å². The lowest BCUT2D eigenvalue weighted by molar-refractivity contribution is -0.147. The number of aliphatic hydroxyl groups is 1. The van der Waals surface area contributed by atoms with Crippen molar-refractivity contribution in [2.75, 3.05) is 26.4 Å². The molecule has 9 nitrogen and oxygen atoms in total. The maximum absolute atomic E-state index is 12.1. The maximum atomic E-state index is 12.1. The highest BCUT2D eigenvalue weighted by Gasteiger charge is 2.23. The molecule has 2 atom stereocenters. The number of allylic oxidation sites excluding steroid dienone is 2. The average Bonchev–Trinajstić information content (AvgIpc) is 3.23. The van der Waals surface area contributed by atoms with Crippen molar-refractivity contribution in [2.45, 2.75) is 270 Å². The number of aliphatic hydroxyl groups excluding tert-OH is 1. The Kier molecular flexibility index (Phi) is 46.3. The van der Waals surface area contributed by atoms with E-state index in [1.54, 1.807) is 0 Å². The summed E-state index contributed by atoms with van der Waals surface area (Å²) in [6.07, 6.45) is 51.5. The van der Waals surface area contributed by atoms with Gasteiger partial charge < -0.3 is 20.1 Å². The van der Waals surface area contributed by atoms with Crippen molar-refractivity contribution in [2.24, 2.45) is 0 Å². The smallest absolute Gasteiger partial charge is 0.463 e. The lowest BCUT2D eigenvalue weighted by atomic mass is 10.0. The van der Waals surface area contributed by atoms with Crippen LogP contribution in [-0.4, -0.2) is 54.3 Å². The fraction of sp³-hybridized carbons (Fsp3) is 0.920. The largest absolute Gasteiger partial charge is 0.472 e. The summed E-state index contributed by atoms with van der Waals surface area (Å²) >= 11 is 0. The van der Waals surface area contributed by atoms with E-state index in [-0.39, 0.29) is 32.1 Å². The van der Waals surface area contributed by atoms with Crippen LogP contribution in [0.25, 0.3) is 0 Å². The van der Waals surface area contributed by atoms with Crippen LogP contribution in [-0.2, 0) is 27.9 Å². The topological polar surface area (TPSA) is 131 Å². The molecule has 356 valence electrons. The van der Waals surface area contributed by atoms with E-state index in [4.69, 9.17) is 13.8 Å². The van der Waals surface area contributed by atoms with Crippen LogP contribution in [0.2, 0.25) is 0 Å². The highest BCUT2D eigenvalue weighted by molar-refractivity contribution is 7.47. The summed E-state index contributed by atoms with van der Waals surface area (Å²) in [5.41, 5.74) is 0. The van der Waals surface area contributed by atoms with Crippen LogP contribution in [0.5, 0.6) is 0 Å². The predicted octanol–water partition coefficient (Wildman–Crippen LogP) is 15.0. The van der Waals surface area contributed by atoms with E-state index in [9.17, 15) is 24.2 Å². The van der Waals surface area contributed by atoms with Crippen LogP contribution in [0.3, 0.4) is 0 Å². The third kappa shape index (κ3) is 47.8. The number of unbranched alkanes of at least 4 members (excludes halogenated alkanes) is 34. The summed E-state index contributed by atoms with van der Waals surface area (Å²) in [6.45, 7) is 3.60. The second kappa shape index (κ2) is 47.2. The van der Waals surface area contributed by atoms with Gasteiger partial charge in [0.25, 0.3) is 0 Å². The SMILES string of the molecule is CCCCCCCC/C=C\CCCCCCCCCC(=O)OCC(O)COP(=O)(O)OCCNC(=O)CCCCCCCCCCCCCCCCCCCCCCCC. The van der Waals surface area contributed by atoms with Gasteiger partial charge in [-0.05, 0) is 38.5 Å². The number of amides is 1. The average molecular weight is 872 g/mol. The first-order valence-electron chi connectivity index (χ1n) is 25.7. The molecule has 0 aromatic carbocycles. The summed E-state index contributed by atoms with van der Waals surface area (Å²) in [4.78, 5) is 34.0. The molecular weight excluding hydrogens is 774 g/mol. The Morgan fingerprint density at radius 1 is 0.500 bits per heavy atom. The second-order valence-electron chi connectivity index (χ2n) is 17.5. The normalized spacial score (nSPS) is 13.2. The third-order valence-electron chi connectivity index (χ3n) is 11.4. The molecule has 3 N–H and O–H groups in total. The highest BCUT2D eigenvalue weighted by Crippen LogP contribution is 2.42. The van der Waals surface area contributed by atoms with Crippen molar-refractivity contribution in [3.63, 3.8) is 0 Å². The van der Waals surface area contributed by atoms with Gasteiger partial charge in [0.05, 0.1) is 13.2 Å². The van der Waals surface area contributed by atoms with Crippen molar-refractivity contribution < 1.29 is 37.9 Å². The lowest BCUT2D eigenvalue weighted by Crippen LogP contribution is -2.27. The minimum atomic E-state index is -4.42. The first-order valence-corrected chi connectivity index (χ1v) is 27.2. The van der Waals surface area contributed by atoms with Gasteiger partial charge >= 0.3 is 13.8 Å². The number of nitrogens with one attached hydrogen (secondary N) is 1. The van der Waals surface area contributed by atoms with E-state index in [0.29, 0.717) is 6.42 Å². The van der Waals surface area contributed by atoms with Gasteiger partial charge in [0.15, 0.2) is 0 Å². The lowest BCUT2D eigenvalue weighted by Gasteiger charge is -2.15. The standard InChI is InChI=1S/C50H98NO8P/c1-3-5-7-9-11-13-15-17-19-21-22-23-24-25-27-28-30-32-34-36-38-40-42-49(53)51-44-45-58-60(55,56)59-47-48(52)46-57-50(54)43-41-39-37-35-33-31-29-26-20-18-16-14-12-10-8-6-4-2/h18,20,48,52H,3-17,19,21-47H2,1-2H3,(H,51,53)(H,55,56)/b20-18-. The van der Waals surface area contributed by atoms with Crippen molar-refractivity contribution in [1.29, 1.82) is 0 Å². The third-order valence-corrected chi connectivity index (χ3v) is 12.4. The van der Waals surface area contributed by atoms with Gasteiger partial charge in [-0.15, -0.1) is 0 Å². The Labute approximate surface area is 370 Å². The van der Waals surface area contributed by atoms with E-state index in [0.717, 1.165) is 38.5 Å². The molecule has 0 spiro atoms. The Balaban J connectivity index is 3.51. The van der Waals surface area contributed by atoms with Crippen LogP contribution in [0.4, 0.5) is 0 Å². The summed E-state index contributed by atoms with van der Waals surface area (Å²) in [7, 11) is -4.42. The molecular formula is C50H98NO8P. The van der Waals surface area contributed by atoms with Crippen LogP contribution in [0.15, 0.2) is 12.2 Å². The van der Waals surface area contributed by atoms with Crippen LogP contribution in [0.1, 0.15) is 264 Å². The number of carbonyl (C=O) groups excluding carboxylic acids is 2. The zero-order chi connectivity index (χ0) is 43.9. The zero-order valence-corrected chi connectivity index (χ0v) is 40.3. The molecule has 0 aliphatic carbocycles. The summed E-state index contributed by atoms with van der Waals surface area (Å²) in [6, 6.07) is 0. The number of carbonyl (C=O) groups is 2. The van der Waals surface area contributed by atoms with Gasteiger partial charge in [-0.1, -0.05) is 225 Å². The van der Waals surface area contributed by atoms with Gasteiger partial charge in [-0.3, -0.25) is 18.6 Å². The monoisotopic (exact) mass is 872 g/mol. The second-order valence-corrected chi connectivity index (χ2v) is 19.0. The van der Waals surface area contributed by atoms with Crippen molar-refractivity contribution in [3.05, 3.63) is 12.2 Å². The summed E-state index contributed by atoms with van der Waals surface area (Å²) in [5.74, 6) is -0.507. The van der Waals surface area contributed by atoms with Crippen molar-refractivity contribution in [3.8, 4) is 0 Å². The molecule has 0 aliphatic heterocycles. The molecule has 0 bridgehead atoms. The molecule has 0 rings (SSSR count). The predicted molar refractivity (Wildman–Crippen MR) is 252 cm³/mol. The molecule has 60 heavy (non-hydrogen) atoms. The molecule has 0 aliphatic rings. The Morgan fingerprint density at radius 3 is 1.25 bits per heavy atom. The molecule has 0 fully saturated rings. The number of ether oxygens (including phenoxy) is 1. The minimum absolute atomic E-state index is 0.0865. The molecule has 0 radical (unpaired) electrons. The minimum Gasteiger partial charge on any atom is -0.463 e. The first kappa shape index (κ1) is 58.8. The summed E-state index contributed by atoms with van der Waals surface area (Å²) in [5, 5.41) is 12.7. The van der Waals surface area contributed by atoms with Gasteiger partial charge in [0.1, 0.15) is 12.7 Å². The number of phosphoric ester groups is 1. The van der Waals surface area contributed by atoms with Crippen LogP contribution in [0, 0.1) is 0 Å². The number of rotatable bonds is 49. The molecule has 10 heteroatoms. The van der Waals surface area contributed by atoms with Crippen molar-refractivity contribution in [1.82, 2.24) is 5.32 Å². The number of hydrogen-bond acceptors (Lipinski definition) is 7. The Bertz CT molecular complexity index is 995. The number of phosphoric acid groups is 1. The van der Waals surface area contributed by atoms with E-state index in [1.165, 1.54) is 199 Å².